The molecule has 23 heavy (non-hydrogen) atoms. The molecule has 2 aromatic carbocycles. The molecule has 3 rings (SSSR count). The van der Waals surface area contributed by atoms with Gasteiger partial charge in [0, 0.05) is 11.6 Å². The Hall–Kier alpha value is -1.97. The molecular weight excluding hydrogens is 286 g/mol. The molecule has 0 spiro atoms. The van der Waals surface area contributed by atoms with Crippen molar-refractivity contribution in [2.24, 2.45) is 0 Å². The van der Waals surface area contributed by atoms with Gasteiger partial charge in [-0.3, -0.25) is 4.79 Å². The van der Waals surface area contributed by atoms with Crippen LogP contribution in [0, 0.1) is 0 Å². The predicted octanol–water partition coefficient (Wildman–Crippen LogP) is 3.50. The summed E-state index contributed by atoms with van der Waals surface area (Å²) in [6.07, 6.45) is 3.04. The van der Waals surface area contributed by atoms with E-state index in [1.807, 2.05) is 60.7 Å². The molecule has 0 unspecified atom stereocenters. The van der Waals surface area contributed by atoms with E-state index in [2.05, 4.69) is 5.32 Å². The molecule has 0 aliphatic carbocycles. The number of ketones is 1. The van der Waals surface area contributed by atoms with Gasteiger partial charge in [0.15, 0.2) is 5.78 Å². The van der Waals surface area contributed by atoms with E-state index in [1.165, 1.54) is 0 Å². The van der Waals surface area contributed by atoms with Gasteiger partial charge in [0.05, 0.1) is 12.1 Å². The summed E-state index contributed by atoms with van der Waals surface area (Å²) in [5.41, 5.74) is 1.69. The minimum Gasteiger partial charge on any atom is -0.388 e. The van der Waals surface area contributed by atoms with Crippen molar-refractivity contribution in [1.29, 1.82) is 0 Å². The van der Waals surface area contributed by atoms with Gasteiger partial charge >= 0.3 is 0 Å². The topological polar surface area (TPSA) is 49.3 Å². The van der Waals surface area contributed by atoms with Crippen LogP contribution in [0.2, 0.25) is 0 Å². The third kappa shape index (κ3) is 4.06. The first kappa shape index (κ1) is 15.9. The SMILES string of the molecule is O=C(c1ccccc1)[C@@H]1CCC[C@H](C[C@@H](O)c2ccccc2)N1. The largest absolute Gasteiger partial charge is 0.388 e. The first-order chi connectivity index (χ1) is 11.2. The van der Waals surface area contributed by atoms with Crippen molar-refractivity contribution in [3.05, 3.63) is 71.8 Å². The second-order valence-corrected chi connectivity index (χ2v) is 6.24. The molecule has 3 atom stereocenters. The highest BCUT2D eigenvalue weighted by atomic mass is 16.3. The molecule has 1 aliphatic heterocycles. The molecule has 2 aromatic rings. The van der Waals surface area contributed by atoms with E-state index < -0.39 is 6.10 Å². The van der Waals surface area contributed by atoms with Gasteiger partial charge in [0.25, 0.3) is 0 Å². The van der Waals surface area contributed by atoms with Gasteiger partial charge in [0.2, 0.25) is 0 Å². The van der Waals surface area contributed by atoms with E-state index >= 15 is 0 Å². The summed E-state index contributed by atoms with van der Waals surface area (Å²) in [6, 6.07) is 19.2. The van der Waals surface area contributed by atoms with Gasteiger partial charge in [0.1, 0.15) is 0 Å². The first-order valence-electron chi connectivity index (χ1n) is 8.32. The molecule has 0 bridgehead atoms. The number of carbonyl (C=O) groups is 1. The second-order valence-electron chi connectivity index (χ2n) is 6.24. The Morgan fingerprint density at radius 2 is 1.70 bits per heavy atom. The molecule has 2 N–H and O–H groups in total. The van der Waals surface area contributed by atoms with E-state index in [9.17, 15) is 9.90 Å². The number of piperidine rings is 1. The normalized spacial score (nSPS) is 22.5. The quantitative estimate of drug-likeness (QED) is 0.831. The van der Waals surface area contributed by atoms with Crippen LogP contribution in [0.5, 0.6) is 0 Å². The van der Waals surface area contributed by atoms with Crippen molar-refractivity contribution in [2.45, 2.75) is 43.9 Å². The summed E-state index contributed by atoms with van der Waals surface area (Å²) in [5, 5.41) is 13.8. The number of Topliss-reactive ketones (excluding diaryl/α,β-unsaturated/α-hetero) is 1. The molecule has 0 saturated carbocycles. The maximum atomic E-state index is 12.6. The zero-order valence-corrected chi connectivity index (χ0v) is 13.2. The number of nitrogens with one attached hydrogen (secondary N) is 1. The Morgan fingerprint density at radius 3 is 2.39 bits per heavy atom. The van der Waals surface area contributed by atoms with Crippen molar-refractivity contribution in [2.75, 3.05) is 0 Å². The van der Waals surface area contributed by atoms with Crippen molar-refractivity contribution in [3.8, 4) is 0 Å². The lowest BCUT2D eigenvalue weighted by atomic mass is 9.89. The molecule has 1 heterocycles. The summed E-state index contributed by atoms with van der Waals surface area (Å²) in [5.74, 6) is 0.157. The standard InChI is InChI=1S/C20H23NO2/c22-19(15-8-3-1-4-9-15)14-17-12-7-13-18(21-17)20(23)16-10-5-2-6-11-16/h1-6,8-11,17-19,21-22H,7,12-14H2/t17-,18+,19-/m1/s1. The summed E-state index contributed by atoms with van der Waals surface area (Å²) in [6.45, 7) is 0. The monoisotopic (exact) mass is 309 g/mol. The smallest absolute Gasteiger partial charge is 0.179 e. The Labute approximate surface area is 137 Å². The molecule has 1 fully saturated rings. The average Bonchev–Trinajstić information content (AvgIpc) is 2.63. The second kappa shape index (κ2) is 7.53. The Bertz CT molecular complexity index is 627. The molecule has 1 saturated heterocycles. The van der Waals surface area contributed by atoms with E-state index in [-0.39, 0.29) is 17.9 Å². The molecule has 1 aliphatic rings. The van der Waals surface area contributed by atoms with Crippen LogP contribution in [0.25, 0.3) is 0 Å². The lowest BCUT2D eigenvalue weighted by Gasteiger charge is -2.31. The highest BCUT2D eigenvalue weighted by molar-refractivity contribution is 6.00. The molecule has 3 heteroatoms. The van der Waals surface area contributed by atoms with Gasteiger partial charge < -0.3 is 10.4 Å². The van der Waals surface area contributed by atoms with Crippen LogP contribution >= 0.6 is 0 Å². The van der Waals surface area contributed by atoms with Crippen LogP contribution in [-0.2, 0) is 0 Å². The highest BCUT2D eigenvalue weighted by Crippen LogP contribution is 2.24. The fourth-order valence-electron chi connectivity index (χ4n) is 3.30. The molecule has 120 valence electrons. The van der Waals surface area contributed by atoms with Crippen LogP contribution in [0.4, 0.5) is 0 Å². The highest BCUT2D eigenvalue weighted by Gasteiger charge is 2.28. The van der Waals surface area contributed by atoms with Crippen LogP contribution < -0.4 is 5.32 Å². The minimum atomic E-state index is -0.487. The van der Waals surface area contributed by atoms with Gasteiger partial charge in [-0.25, -0.2) is 0 Å². The number of hydrogen-bond donors (Lipinski definition) is 2. The van der Waals surface area contributed by atoms with Crippen molar-refractivity contribution in [3.63, 3.8) is 0 Å². The van der Waals surface area contributed by atoms with E-state index in [0.717, 1.165) is 30.4 Å². The zero-order chi connectivity index (χ0) is 16.1. The van der Waals surface area contributed by atoms with Gasteiger partial charge in [-0.05, 0) is 31.2 Å². The number of aliphatic hydroxyl groups excluding tert-OH is 1. The fraction of sp³-hybridized carbons (Fsp3) is 0.350. The lowest BCUT2D eigenvalue weighted by molar-refractivity contribution is 0.0882. The van der Waals surface area contributed by atoms with Gasteiger partial charge in [-0.2, -0.15) is 0 Å². The lowest BCUT2D eigenvalue weighted by Crippen LogP contribution is -2.47. The fourth-order valence-corrected chi connectivity index (χ4v) is 3.30. The third-order valence-corrected chi connectivity index (χ3v) is 4.55. The molecular formula is C20H23NO2. The summed E-state index contributed by atoms with van der Waals surface area (Å²) < 4.78 is 0. The van der Waals surface area contributed by atoms with Gasteiger partial charge in [-0.1, -0.05) is 60.7 Å². The van der Waals surface area contributed by atoms with E-state index in [1.54, 1.807) is 0 Å². The Kier molecular flexibility index (Phi) is 5.21. The Morgan fingerprint density at radius 1 is 1.04 bits per heavy atom. The van der Waals surface area contributed by atoms with Crippen LogP contribution in [0.3, 0.4) is 0 Å². The number of carbonyl (C=O) groups excluding carboxylic acids is 1. The van der Waals surface area contributed by atoms with Crippen molar-refractivity contribution < 1.29 is 9.90 Å². The summed E-state index contributed by atoms with van der Waals surface area (Å²) in [4.78, 5) is 12.6. The third-order valence-electron chi connectivity index (χ3n) is 4.55. The van der Waals surface area contributed by atoms with Gasteiger partial charge in [-0.15, -0.1) is 0 Å². The van der Waals surface area contributed by atoms with E-state index in [0.29, 0.717) is 6.42 Å². The average molecular weight is 309 g/mol. The summed E-state index contributed by atoms with van der Waals surface area (Å²) >= 11 is 0. The van der Waals surface area contributed by atoms with Crippen LogP contribution in [0.15, 0.2) is 60.7 Å². The van der Waals surface area contributed by atoms with Crippen LogP contribution in [0.1, 0.15) is 47.7 Å². The minimum absolute atomic E-state index is 0.140. The number of hydrogen-bond acceptors (Lipinski definition) is 3. The van der Waals surface area contributed by atoms with Crippen molar-refractivity contribution in [1.82, 2.24) is 5.32 Å². The predicted molar refractivity (Wildman–Crippen MR) is 91.4 cm³/mol. The first-order valence-corrected chi connectivity index (χ1v) is 8.32. The summed E-state index contributed by atoms with van der Waals surface area (Å²) in [7, 11) is 0. The van der Waals surface area contributed by atoms with E-state index in [4.69, 9.17) is 0 Å². The number of rotatable bonds is 5. The maximum Gasteiger partial charge on any atom is 0.179 e. The molecule has 0 aromatic heterocycles. The molecule has 0 radical (unpaired) electrons. The molecule has 3 nitrogen and oxygen atoms in total. The maximum absolute atomic E-state index is 12.6. The van der Waals surface area contributed by atoms with Crippen LogP contribution in [-0.4, -0.2) is 23.0 Å². The molecule has 0 amide bonds. The zero-order valence-electron chi connectivity index (χ0n) is 13.2. The number of aliphatic hydroxyl groups is 1. The number of benzene rings is 2. The Balaban J connectivity index is 1.61. The van der Waals surface area contributed by atoms with Crippen molar-refractivity contribution >= 4 is 5.78 Å².